The predicted molar refractivity (Wildman–Crippen MR) is 80.1 cm³/mol. The molecule has 2 aliphatic rings. The van der Waals surface area contributed by atoms with Gasteiger partial charge in [-0.1, -0.05) is 6.92 Å². The Morgan fingerprint density at radius 3 is 2.70 bits per heavy atom. The molecule has 0 amide bonds. The van der Waals surface area contributed by atoms with E-state index in [2.05, 4.69) is 12.2 Å². The SMILES string of the molecule is CNC(CC1CCCN(S(C)(=O)=O)C1)C1OCCC1C. The standard InChI is InChI=1S/C14H28N2O3S/c1-11-6-8-19-14(11)13(15-2)9-12-5-4-7-16(10-12)20(3,17)18/h11-15H,4-10H2,1-3H3. The normalized spacial score (nSPS) is 34.2. The lowest BCUT2D eigenvalue weighted by atomic mass is 9.87. The molecular weight excluding hydrogens is 276 g/mol. The van der Waals surface area contributed by atoms with Crippen LogP contribution in [0.25, 0.3) is 0 Å². The summed E-state index contributed by atoms with van der Waals surface area (Å²) >= 11 is 0. The molecule has 20 heavy (non-hydrogen) atoms. The fourth-order valence-corrected chi connectivity index (χ4v) is 4.47. The molecule has 0 radical (unpaired) electrons. The van der Waals surface area contributed by atoms with Crippen LogP contribution in [0.2, 0.25) is 0 Å². The predicted octanol–water partition coefficient (Wildman–Crippen LogP) is 1.06. The van der Waals surface area contributed by atoms with E-state index in [-0.39, 0.29) is 6.10 Å². The van der Waals surface area contributed by atoms with E-state index in [4.69, 9.17) is 4.74 Å². The van der Waals surface area contributed by atoms with Crippen LogP contribution in [0.5, 0.6) is 0 Å². The van der Waals surface area contributed by atoms with Gasteiger partial charge >= 0.3 is 0 Å². The number of likely N-dealkylation sites (N-methyl/N-ethyl adjacent to an activating group) is 1. The third kappa shape index (κ3) is 3.93. The van der Waals surface area contributed by atoms with Gasteiger partial charge in [-0.15, -0.1) is 0 Å². The molecule has 2 saturated heterocycles. The summed E-state index contributed by atoms with van der Waals surface area (Å²) in [5, 5.41) is 3.38. The molecule has 0 bridgehead atoms. The van der Waals surface area contributed by atoms with Gasteiger partial charge in [0.25, 0.3) is 0 Å². The number of nitrogens with one attached hydrogen (secondary N) is 1. The van der Waals surface area contributed by atoms with Crippen molar-refractivity contribution < 1.29 is 13.2 Å². The molecule has 4 atom stereocenters. The third-order valence-electron chi connectivity index (χ3n) is 4.75. The van der Waals surface area contributed by atoms with E-state index in [1.807, 2.05) is 7.05 Å². The van der Waals surface area contributed by atoms with Gasteiger partial charge in [0.2, 0.25) is 10.0 Å². The molecule has 2 fully saturated rings. The summed E-state index contributed by atoms with van der Waals surface area (Å²) in [5.74, 6) is 1.02. The number of hydrogen-bond acceptors (Lipinski definition) is 4. The fraction of sp³-hybridized carbons (Fsp3) is 1.00. The Kier molecular flexibility index (Phi) is 5.45. The highest BCUT2D eigenvalue weighted by molar-refractivity contribution is 7.88. The number of piperidine rings is 1. The van der Waals surface area contributed by atoms with E-state index < -0.39 is 10.0 Å². The maximum Gasteiger partial charge on any atom is 0.211 e. The molecule has 2 rings (SSSR count). The van der Waals surface area contributed by atoms with Crippen molar-refractivity contribution in [3.05, 3.63) is 0 Å². The summed E-state index contributed by atoms with van der Waals surface area (Å²) in [6.45, 7) is 4.43. The molecule has 0 aromatic rings. The van der Waals surface area contributed by atoms with Crippen molar-refractivity contribution in [3.63, 3.8) is 0 Å². The highest BCUT2D eigenvalue weighted by Gasteiger charge is 2.34. The molecular formula is C14H28N2O3S. The molecule has 4 unspecified atom stereocenters. The largest absolute Gasteiger partial charge is 0.376 e. The summed E-state index contributed by atoms with van der Waals surface area (Å²) < 4.78 is 30.9. The first-order valence-electron chi connectivity index (χ1n) is 7.65. The zero-order valence-corrected chi connectivity index (χ0v) is 13.7. The van der Waals surface area contributed by atoms with Crippen LogP contribution in [0, 0.1) is 11.8 Å². The third-order valence-corrected chi connectivity index (χ3v) is 6.02. The van der Waals surface area contributed by atoms with Gasteiger partial charge in [0, 0.05) is 25.7 Å². The number of hydrogen-bond donors (Lipinski definition) is 1. The molecule has 2 aliphatic heterocycles. The topological polar surface area (TPSA) is 58.6 Å². The van der Waals surface area contributed by atoms with E-state index in [0.717, 1.165) is 32.3 Å². The van der Waals surface area contributed by atoms with Crippen molar-refractivity contribution in [2.45, 2.75) is 44.8 Å². The first-order valence-corrected chi connectivity index (χ1v) is 9.50. The summed E-state index contributed by atoms with van der Waals surface area (Å²) in [4.78, 5) is 0. The van der Waals surface area contributed by atoms with Crippen LogP contribution in [0.15, 0.2) is 0 Å². The minimum absolute atomic E-state index is 0.272. The lowest BCUT2D eigenvalue weighted by molar-refractivity contribution is 0.0517. The number of sulfonamides is 1. The van der Waals surface area contributed by atoms with Crippen molar-refractivity contribution in [2.75, 3.05) is 33.0 Å². The van der Waals surface area contributed by atoms with Crippen molar-refractivity contribution in [1.82, 2.24) is 9.62 Å². The molecule has 0 saturated carbocycles. The minimum Gasteiger partial charge on any atom is -0.376 e. The smallest absolute Gasteiger partial charge is 0.211 e. The Bertz CT molecular complexity index is 413. The molecule has 2 heterocycles. The number of nitrogens with zero attached hydrogens (tertiary/aromatic N) is 1. The fourth-order valence-electron chi connectivity index (χ4n) is 3.53. The van der Waals surface area contributed by atoms with Gasteiger partial charge < -0.3 is 10.1 Å². The van der Waals surface area contributed by atoms with Gasteiger partial charge in [-0.2, -0.15) is 0 Å². The molecule has 5 nitrogen and oxygen atoms in total. The average molecular weight is 304 g/mol. The lowest BCUT2D eigenvalue weighted by Gasteiger charge is -2.35. The molecule has 0 aromatic carbocycles. The van der Waals surface area contributed by atoms with E-state index >= 15 is 0 Å². The quantitative estimate of drug-likeness (QED) is 0.825. The van der Waals surface area contributed by atoms with Crippen LogP contribution in [0.3, 0.4) is 0 Å². The number of ether oxygens (including phenoxy) is 1. The summed E-state index contributed by atoms with van der Waals surface area (Å²) in [6, 6.07) is 0.331. The zero-order valence-electron chi connectivity index (χ0n) is 12.8. The van der Waals surface area contributed by atoms with Gasteiger partial charge in [-0.3, -0.25) is 0 Å². The second kappa shape index (κ2) is 6.73. The second-order valence-electron chi connectivity index (χ2n) is 6.36. The Morgan fingerprint density at radius 1 is 1.40 bits per heavy atom. The highest BCUT2D eigenvalue weighted by atomic mass is 32.2. The zero-order chi connectivity index (χ0) is 14.8. The van der Waals surface area contributed by atoms with E-state index in [0.29, 0.717) is 31.0 Å². The Balaban J connectivity index is 1.94. The first-order chi connectivity index (χ1) is 9.41. The summed E-state index contributed by atoms with van der Waals surface area (Å²) in [5.41, 5.74) is 0. The van der Waals surface area contributed by atoms with Crippen LogP contribution < -0.4 is 5.32 Å². The maximum absolute atomic E-state index is 11.7. The first kappa shape index (κ1) is 16.2. The van der Waals surface area contributed by atoms with Gasteiger partial charge in [0.1, 0.15) is 0 Å². The molecule has 0 aromatic heterocycles. The van der Waals surface area contributed by atoms with Crippen LogP contribution in [-0.2, 0) is 14.8 Å². The van der Waals surface area contributed by atoms with E-state index in [9.17, 15) is 8.42 Å². The Hall–Kier alpha value is -0.170. The summed E-state index contributed by atoms with van der Waals surface area (Å²) in [7, 11) is -1.07. The Morgan fingerprint density at radius 2 is 2.15 bits per heavy atom. The van der Waals surface area contributed by atoms with Crippen molar-refractivity contribution in [1.29, 1.82) is 0 Å². The molecule has 0 aliphatic carbocycles. The van der Waals surface area contributed by atoms with E-state index in [1.165, 1.54) is 6.26 Å². The van der Waals surface area contributed by atoms with Crippen LogP contribution >= 0.6 is 0 Å². The summed E-state index contributed by atoms with van der Waals surface area (Å²) in [6.07, 6.45) is 5.79. The van der Waals surface area contributed by atoms with Crippen molar-refractivity contribution in [3.8, 4) is 0 Å². The van der Waals surface area contributed by atoms with Crippen molar-refractivity contribution >= 4 is 10.0 Å². The Labute approximate surface area is 123 Å². The van der Waals surface area contributed by atoms with E-state index in [1.54, 1.807) is 4.31 Å². The molecule has 6 heteroatoms. The van der Waals surface area contributed by atoms with Gasteiger partial charge in [0.15, 0.2) is 0 Å². The average Bonchev–Trinajstić information content (AvgIpc) is 2.81. The number of rotatable bonds is 5. The van der Waals surface area contributed by atoms with Gasteiger partial charge in [0.05, 0.1) is 12.4 Å². The highest BCUT2D eigenvalue weighted by Crippen LogP contribution is 2.29. The second-order valence-corrected chi connectivity index (χ2v) is 8.34. The van der Waals surface area contributed by atoms with Crippen LogP contribution in [-0.4, -0.2) is 57.9 Å². The van der Waals surface area contributed by atoms with Gasteiger partial charge in [-0.05, 0) is 44.6 Å². The van der Waals surface area contributed by atoms with Crippen LogP contribution in [0.1, 0.15) is 32.6 Å². The molecule has 0 spiro atoms. The monoisotopic (exact) mass is 304 g/mol. The van der Waals surface area contributed by atoms with Gasteiger partial charge in [-0.25, -0.2) is 12.7 Å². The molecule has 118 valence electrons. The minimum atomic E-state index is -3.05. The lowest BCUT2D eigenvalue weighted by Crippen LogP contribution is -2.45. The van der Waals surface area contributed by atoms with Crippen LogP contribution in [0.4, 0.5) is 0 Å². The molecule has 1 N–H and O–H groups in total. The maximum atomic E-state index is 11.7. The van der Waals surface area contributed by atoms with Crippen molar-refractivity contribution in [2.24, 2.45) is 11.8 Å².